The van der Waals surface area contributed by atoms with Crippen LogP contribution >= 0.6 is 0 Å². The van der Waals surface area contributed by atoms with Gasteiger partial charge in [0.05, 0.1) is 18.1 Å². The number of aromatic nitrogens is 2. The van der Waals surface area contributed by atoms with Crippen molar-refractivity contribution in [2.24, 2.45) is 0 Å². The molecule has 0 fully saturated rings. The first-order chi connectivity index (χ1) is 21.3. The fraction of sp³-hybridized carbons (Fsp3) is 0. The Balaban J connectivity index is 1.27. The fourth-order valence-electron chi connectivity index (χ4n) is 5.43. The SMILES string of the molecule is c1ccc(-c2ccc(N(c3ccc(-c4ccccc4)cc3)c3cnc(-c4ccccc4-c4ccccc4)cn3)cc2)cc1. The molecule has 0 saturated carbocycles. The van der Waals surface area contributed by atoms with Gasteiger partial charge in [0.2, 0.25) is 0 Å². The molecule has 6 aromatic carbocycles. The minimum absolute atomic E-state index is 0.751. The minimum atomic E-state index is 0.751. The monoisotopic (exact) mass is 551 g/mol. The molecular formula is C40H29N3. The Morgan fingerprint density at radius 3 is 1.21 bits per heavy atom. The normalized spacial score (nSPS) is 10.8. The van der Waals surface area contributed by atoms with Crippen LogP contribution in [0.5, 0.6) is 0 Å². The van der Waals surface area contributed by atoms with Crippen molar-refractivity contribution in [3.63, 3.8) is 0 Å². The summed E-state index contributed by atoms with van der Waals surface area (Å²) in [5.74, 6) is 0.751. The predicted molar refractivity (Wildman–Crippen MR) is 178 cm³/mol. The first-order valence-corrected chi connectivity index (χ1v) is 14.4. The molecule has 3 nitrogen and oxygen atoms in total. The Kier molecular flexibility index (Phi) is 7.27. The standard InChI is InChI=1S/C40H29N3/c1-4-12-30(13-5-1)32-20-24-35(25-21-32)43(36-26-22-33(23-27-36)31-14-6-2-7-15-31)40-29-41-39(28-42-40)38-19-11-10-18-37(38)34-16-8-3-9-17-34/h1-29H. The molecule has 0 spiro atoms. The largest absolute Gasteiger partial charge is 0.294 e. The molecule has 7 rings (SSSR count). The van der Waals surface area contributed by atoms with Crippen molar-refractivity contribution in [2.75, 3.05) is 4.90 Å². The summed E-state index contributed by atoms with van der Waals surface area (Å²) in [4.78, 5) is 12.1. The van der Waals surface area contributed by atoms with E-state index in [4.69, 9.17) is 9.97 Å². The highest BCUT2D eigenvalue weighted by Gasteiger charge is 2.16. The van der Waals surface area contributed by atoms with E-state index in [1.54, 1.807) is 0 Å². The van der Waals surface area contributed by atoms with Gasteiger partial charge in [0.25, 0.3) is 0 Å². The van der Waals surface area contributed by atoms with Gasteiger partial charge >= 0.3 is 0 Å². The van der Waals surface area contributed by atoms with E-state index in [1.165, 1.54) is 22.3 Å². The molecule has 0 unspecified atom stereocenters. The topological polar surface area (TPSA) is 29.0 Å². The third-order valence-electron chi connectivity index (χ3n) is 7.62. The lowest BCUT2D eigenvalue weighted by Gasteiger charge is -2.24. The molecule has 0 aliphatic heterocycles. The molecular weight excluding hydrogens is 522 g/mol. The lowest BCUT2D eigenvalue weighted by Crippen LogP contribution is -2.12. The van der Waals surface area contributed by atoms with E-state index in [0.717, 1.165) is 39.6 Å². The minimum Gasteiger partial charge on any atom is -0.294 e. The molecule has 0 amide bonds. The van der Waals surface area contributed by atoms with Crippen molar-refractivity contribution >= 4 is 17.2 Å². The van der Waals surface area contributed by atoms with E-state index in [2.05, 4.69) is 144 Å². The van der Waals surface area contributed by atoms with E-state index in [-0.39, 0.29) is 0 Å². The van der Waals surface area contributed by atoms with Gasteiger partial charge in [0, 0.05) is 16.9 Å². The molecule has 0 radical (unpaired) electrons. The fourth-order valence-corrected chi connectivity index (χ4v) is 5.43. The highest BCUT2D eigenvalue weighted by molar-refractivity contribution is 5.83. The smallest absolute Gasteiger partial charge is 0.156 e. The molecule has 0 N–H and O–H groups in total. The average molecular weight is 552 g/mol. The summed E-state index contributed by atoms with van der Waals surface area (Å²) in [6.45, 7) is 0. The summed E-state index contributed by atoms with van der Waals surface area (Å²) >= 11 is 0. The second-order valence-electron chi connectivity index (χ2n) is 10.3. The van der Waals surface area contributed by atoms with Gasteiger partial charge < -0.3 is 0 Å². The molecule has 7 aromatic rings. The maximum absolute atomic E-state index is 4.97. The van der Waals surface area contributed by atoms with Crippen molar-refractivity contribution in [3.05, 3.63) is 176 Å². The number of benzene rings is 6. The second kappa shape index (κ2) is 12.0. The van der Waals surface area contributed by atoms with Crippen molar-refractivity contribution in [2.45, 2.75) is 0 Å². The van der Waals surface area contributed by atoms with Gasteiger partial charge in [-0.25, -0.2) is 4.98 Å². The zero-order chi connectivity index (χ0) is 28.8. The molecule has 43 heavy (non-hydrogen) atoms. The Labute approximate surface area is 252 Å². The van der Waals surface area contributed by atoms with E-state index in [0.29, 0.717) is 0 Å². The van der Waals surface area contributed by atoms with E-state index >= 15 is 0 Å². The van der Waals surface area contributed by atoms with E-state index < -0.39 is 0 Å². The molecule has 0 atom stereocenters. The van der Waals surface area contributed by atoms with Crippen LogP contribution in [0.3, 0.4) is 0 Å². The van der Waals surface area contributed by atoms with E-state index in [1.807, 2.05) is 36.7 Å². The van der Waals surface area contributed by atoms with Gasteiger partial charge in [-0.15, -0.1) is 0 Å². The summed E-state index contributed by atoms with van der Waals surface area (Å²) in [6.07, 6.45) is 3.74. The number of anilines is 3. The van der Waals surface area contributed by atoms with Crippen LogP contribution in [0, 0.1) is 0 Å². The number of nitrogens with zero attached hydrogens (tertiary/aromatic N) is 3. The molecule has 204 valence electrons. The van der Waals surface area contributed by atoms with Crippen molar-refractivity contribution in [1.29, 1.82) is 0 Å². The van der Waals surface area contributed by atoms with Gasteiger partial charge in [-0.1, -0.05) is 140 Å². The van der Waals surface area contributed by atoms with Crippen molar-refractivity contribution < 1.29 is 0 Å². The van der Waals surface area contributed by atoms with Gasteiger partial charge in [-0.05, 0) is 57.6 Å². The number of hydrogen-bond acceptors (Lipinski definition) is 3. The summed E-state index contributed by atoms with van der Waals surface area (Å²) in [6, 6.07) is 56.9. The number of rotatable bonds is 7. The molecule has 0 saturated heterocycles. The first-order valence-electron chi connectivity index (χ1n) is 14.4. The number of hydrogen-bond donors (Lipinski definition) is 0. The molecule has 0 bridgehead atoms. The van der Waals surface area contributed by atoms with Crippen LogP contribution in [-0.4, -0.2) is 9.97 Å². The highest BCUT2D eigenvalue weighted by Crippen LogP contribution is 2.37. The van der Waals surface area contributed by atoms with Gasteiger partial charge in [0.15, 0.2) is 5.82 Å². The molecule has 1 heterocycles. The van der Waals surface area contributed by atoms with Crippen LogP contribution in [0.4, 0.5) is 17.2 Å². The van der Waals surface area contributed by atoms with Crippen molar-refractivity contribution in [3.8, 4) is 44.6 Å². The van der Waals surface area contributed by atoms with Crippen LogP contribution < -0.4 is 4.90 Å². The van der Waals surface area contributed by atoms with Crippen molar-refractivity contribution in [1.82, 2.24) is 9.97 Å². The van der Waals surface area contributed by atoms with Crippen LogP contribution in [0.25, 0.3) is 44.6 Å². The van der Waals surface area contributed by atoms with Gasteiger partial charge in [-0.3, -0.25) is 9.88 Å². The lowest BCUT2D eigenvalue weighted by molar-refractivity contribution is 1.13. The molecule has 1 aromatic heterocycles. The van der Waals surface area contributed by atoms with Gasteiger partial charge in [0.1, 0.15) is 0 Å². The quantitative estimate of drug-likeness (QED) is 0.197. The first kappa shape index (κ1) is 26.1. The zero-order valence-electron chi connectivity index (χ0n) is 23.6. The molecule has 0 aliphatic carbocycles. The van der Waals surface area contributed by atoms with Crippen LogP contribution in [-0.2, 0) is 0 Å². The van der Waals surface area contributed by atoms with Crippen LogP contribution in [0.15, 0.2) is 176 Å². The maximum atomic E-state index is 4.97. The third-order valence-corrected chi connectivity index (χ3v) is 7.62. The third kappa shape index (κ3) is 5.57. The zero-order valence-corrected chi connectivity index (χ0v) is 23.6. The summed E-state index contributed by atoms with van der Waals surface area (Å²) in [5.41, 5.74) is 10.9. The summed E-state index contributed by atoms with van der Waals surface area (Å²) in [5, 5.41) is 0. The van der Waals surface area contributed by atoms with E-state index in [9.17, 15) is 0 Å². The summed E-state index contributed by atoms with van der Waals surface area (Å²) in [7, 11) is 0. The molecule has 0 aliphatic rings. The Bertz CT molecular complexity index is 1830. The Morgan fingerprint density at radius 2 is 0.744 bits per heavy atom. The van der Waals surface area contributed by atoms with Crippen LogP contribution in [0.2, 0.25) is 0 Å². The predicted octanol–water partition coefficient (Wildman–Crippen LogP) is 10.6. The second-order valence-corrected chi connectivity index (χ2v) is 10.3. The highest BCUT2D eigenvalue weighted by atomic mass is 15.2. The maximum Gasteiger partial charge on any atom is 0.156 e. The Morgan fingerprint density at radius 1 is 0.326 bits per heavy atom. The van der Waals surface area contributed by atoms with Crippen LogP contribution in [0.1, 0.15) is 0 Å². The van der Waals surface area contributed by atoms with Gasteiger partial charge in [-0.2, -0.15) is 0 Å². The summed E-state index contributed by atoms with van der Waals surface area (Å²) < 4.78 is 0. The lowest BCUT2D eigenvalue weighted by atomic mass is 9.98. The Hall–Kier alpha value is -5.80. The molecule has 3 heteroatoms. The average Bonchev–Trinajstić information content (AvgIpc) is 3.10.